The van der Waals surface area contributed by atoms with Gasteiger partial charge in [0.1, 0.15) is 0 Å². The van der Waals surface area contributed by atoms with Crippen molar-refractivity contribution in [2.24, 2.45) is 17.1 Å². The highest BCUT2D eigenvalue weighted by Gasteiger charge is 2.48. The molecule has 1 amide bonds. The van der Waals surface area contributed by atoms with E-state index in [-0.39, 0.29) is 17.9 Å². The summed E-state index contributed by atoms with van der Waals surface area (Å²) in [5, 5.41) is 21.4. The lowest BCUT2D eigenvalue weighted by Crippen LogP contribution is -2.54. The zero-order valence-corrected chi connectivity index (χ0v) is 24.8. The first-order chi connectivity index (χ1) is 21.5. The number of halogens is 12. The Morgan fingerprint density at radius 1 is 0.792 bits per heavy atom. The quantitative estimate of drug-likeness (QED) is 0.317. The topological polar surface area (TPSA) is 174 Å². The minimum atomic E-state index is -5.08. The molecule has 5 N–H and O–H groups in total. The third kappa shape index (κ3) is 14.0. The van der Waals surface area contributed by atoms with Crippen molar-refractivity contribution in [3.05, 3.63) is 24.0 Å². The van der Waals surface area contributed by atoms with Crippen molar-refractivity contribution in [3.63, 3.8) is 0 Å². The summed E-state index contributed by atoms with van der Waals surface area (Å²) < 4.78 is 134. The number of pyridine rings is 1. The molecule has 2 fully saturated rings. The molecule has 0 aromatic carbocycles. The number of carboxylic acid groups (broad SMARTS) is 3. The van der Waals surface area contributed by atoms with Crippen LogP contribution in [0.4, 0.5) is 58.4 Å². The van der Waals surface area contributed by atoms with Crippen LogP contribution in [-0.4, -0.2) is 99.8 Å². The maximum atomic E-state index is 13.2. The van der Waals surface area contributed by atoms with E-state index >= 15 is 0 Å². The van der Waals surface area contributed by atoms with Gasteiger partial charge in [-0.25, -0.2) is 14.4 Å². The van der Waals surface area contributed by atoms with Crippen molar-refractivity contribution in [3.8, 4) is 0 Å². The Balaban J connectivity index is 0.000000855. The van der Waals surface area contributed by atoms with Crippen molar-refractivity contribution < 1.29 is 87.2 Å². The minimum Gasteiger partial charge on any atom is -0.475 e. The average Bonchev–Trinajstić information content (AvgIpc) is 3.35. The van der Waals surface area contributed by atoms with Crippen LogP contribution in [0.3, 0.4) is 0 Å². The van der Waals surface area contributed by atoms with Crippen LogP contribution >= 0.6 is 0 Å². The largest absolute Gasteiger partial charge is 0.490 e. The molecule has 48 heavy (non-hydrogen) atoms. The summed E-state index contributed by atoms with van der Waals surface area (Å²) in [7, 11) is 0. The summed E-state index contributed by atoms with van der Waals surface area (Å²) in [6, 6.07) is 1.18. The maximum Gasteiger partial charge on any atom is 0.490 e. The van der Waals surface area contributed by atoms with Crippen molar-refractivity contribution in [1.82, 2.24) is 9.88 Å². The lowest BCUT2D eigenvalue weighted by Gasteiger charge is -2.42. The van der Waals surface area contributed by atoms with Crippen LogP contribution in [0.25, 0.3) is 0 Å². The zero-order valence-electron chi connectivity index (χ0n) is 24.8. The predicted molar refractivity (Wildman–Crippen MR) is 138 cm³/mol. The first kappa shape index (κ1) is 43.9. The van der Waals surface area contributed by atoms with Crippen LogP contribution in [0.15, 0.2) is 18.5 Å². The van der Waals surface area contributed by atoms with Crippen molar-refractivity contribution in [2.45, 2.75) is 63.9 Å². The number of carbonyl (C=O) groups is 4. The van der Waals surface area contributed by atoms with E-state index in [1.807, 2.05) is 9.80 Å². The van der Waals surface area contributed by atoms with Gasteiger partial charge >= 0.3 is 42.6 Å². The molecular formula is C25H30F12N4O7. The Labute approximate surface area is 263 Å². The van der Waals surface area contributed by atoms with E-state index in [4.69, 9.17) is 35.4 Å². The fraction of sp³-hybridized carbons (Fsp3) is 0.640. The van der Waals surface area contributed by atoms with Gasteiger partial charge in [-0.05, 0) is 31.2 Å². The van der Waals surface area contributed by atoms with Gasteiger partial charge < -0.3 is 30.9 Å². The Bertz CT molecular complexity index is 1190. The van der Waals surface area contributed by atoms with E-state index < -0.39 is 53.6 Å². The molecule has 0 radical (unpaired) electrons. The average molecular weight is 727 g/mol. The van der Waals surface area contributed by atoms with E-state index in [1.165, 1.54) is 6.20 Å². The first-order valence-electron chi connectivity index (χ1n) is 13.2. The first-order valence-corrected chi connectivity index (χ1v) is 13.2. The highest BCUT2D eigenvalue weighted by atomic mass is 19.4. The maximum absolute atomic E-state index is 13.2. The molecule has 11 nitrogen and oxygen atoms in total. The number of hydrogen-bond donors (Lipinski definition) is 4. The fourth-order valence-electron chi connectivity index (χ4n) is 4.32. The molecule has 1 saturated heterocycles. The molecule has 1 aliphatic carbocycles. The van der Waals surface area contributed by atoms with Crippen LogP contribution in [0, 0.1) is 11.3 Å². The van der Waals surface area contributed by atoms with E-state index in [9.17, 15) is 57.5 Å². The number of aromatic nitrogens is 1. The van der Waals surface area contributed by atoms with E-state index in [2.05, 4.69) is 18.8 Å². The number of nitrogens with zero attached hydrogens (tertiary/aromatic N) is 3. The van der Waals surface area contributed by atoms with Crippen LogP contribution in [0.5, 0.6) is 0 Å². The van der Waals surface area contributed by atoms with E-state index in [0.717, 1.165) is 25.1 Å². The summed E-state index contributed by atoms with van der Waals surface area (Å²) >= 11 is 0. The van der Waals surface area contributed by atoms with Gasteiger partial charge in [0.2, 0.25) is 5.91 Å². The molecule has 2 heterocycles. The lowest BCUT2D eigenvalue weighted by molar-refractivity contribution is -0.193. The molecule has 3 rings (SSSR count). The number of anilines is 1. The van der Waals surface area contributed by atoms with Gasteiger partial charge in [-0.3, -0.25) is 9.78 Å². The number of alkyl halides is 12. The minimum absolute atomic E-state index is 0.0637. The number of hydrogen-bond acceptors (Lipinski definition) is 7. The molecular weight excluding hydrogens is 696 g/mol. The molecule has 1 aromatic rings. The molecule has 2 atom stereocenters. The molecule has 276 valence electrons. The Hall–Kier alpha value is -4.05. The highest BCUT2D eigenvalue weighted by Crippen LogP contribution is 2.45. The summed E-state index contributed by atoms with van der Waals surface area (Å²) in [5.74, 6) is -7.91. The number of carboxylic acids is 3. The smallest absolute Gasteiger partial charge is 0.475 e. The Morgan fingerprint density at radius 3 is 1.48 bits per heavy atom. The van der Waals surface area contributed by atoms with E-state index in [1.54, 1.807) is 0 Å². The van der Waals surface area contributed by atoms with Gasteiger partial charge in [-0.15, -0.1) is 0 Å². The number of aliphatic carboxylic acids is 3. The predicted octanol–water partition coefficient (Wildman–Crippen LogP) is 4.80. The SMILES string of the molecule is CC(C)[C@]1(C(=O)N2CCN(c3cncc(C(F)(F)F)c3)CC2)CC[C@@H](N)C1.O=C(O)C(F)(F)F.O=C(O)C(F)(F)F.O=C(O)C(F)(F)F. The van der Waals surface area contributed by atoms with Gasteiger partial charge in [-0.2, -0.15) is 52.7 Å². The van der Waals surface area contributed by atoms with Gasteiger partial charge in [0.05, 0.1) is 22.9 Å². The number of piperazine rings is 1. The van der Waals surface area contributed by atoms with Crippen molar-refractivity contribution >= 4 is 29.5 Å². The molecule has 0 unspecified atom stereocenters. The number of nitrogens with two attached hydrogens (primary N) is 1. The molecule has 23 heteroatoms. The highest BCUT2D eigenvalue weighted by molar-refractivity contribution is 5.84. The second-order valence-corrected chi connectivity index (χ2v) is 10.4. The molecule has 1 aliphatic heterocycles. The lowest BCUT2D eigenvalue weighted by atomic mass is 9.74. The monoisotopic (exact) mass is 726 g/mol. The summed E-state index contributed by atoms with van der Waals surface area (Å²) in [5.41, 5.74) is 5.37. The van der Waals surface area contributed by atoms with Crippen LogP contribution in [0.2, 0.25) is 0 Å². The third-order valence-electron chi connectivity index (χ3n) is 6.83. The van der Waals surface area contributed by atoms with Crippen LogP contribution < -0.4 is 10.6 Å². The summed E-state index contributed by atoms with van der Waals surface area (Å²) in [6.07, 6.45) is -15.0. The van der Waals surface area contributed by atoms with Gasteiger partial charge in [-0.1, -0.05) is 13.8 Å². The molecule has 1 aromatic heterocycles. The summed E-state index contributed by atoms with van der Waals surface area (Å²) in [4.78, 5) is 47.4. The second kappa shape index (κ2) is 16.9. The second-order valence-electron chi connectivity index (χ2n) is 10.4. The normalized spacial score (nSPS) is 20.0. The van der Waals surface area contributed by atoms with Crippen molar-refractivity contribution in [1.29, 1.82) is 0 Å². The summed E-state index contributed by atoms with van der Waals surface area (Å²) in [6.45, 7) is 6.13. The number of carbonyl (C=O) groups excluding carboxylic acids is 1. The third-order valence-corrected chi connectivity index (χ3v) is 6.83. The van der Waals surface area contributed by atoms with Gasteiger partial charge in [0.25, 0.3) is 0 Å². The standard InChI is InChI=1S/C19H27F3N4O.3C2HF3O2/c1-13(2)18(4-3-15(23)10-18)17(27)26-7-5-25(6-8-26)16-9-14(11-24-12-16)19(20,21)22;3*3-2(4,5)1(6)7/h9,11-13,15H,3-8,10,23H2,1-2H3;3*(H,6,7)/t15-,18+;;;/m1.../s1. The Kier molecular flexibility index (Phi) is 15.4. The molecule has 0 bridgehead atoms. The van der Waals surface area contributed by atoms with Crippen molar-refractivity contribution in [2.75, 3.05) is 31.1 Å². The zero-order chi connectivity index (χ0) is 38.1. The molecule has 1 saturated carbocycles. The van der Waals surface area contributed by atoms with Crippen LogP contribution in [0.1, 0.15) is 38.7 Å². The van der Waals surface area contributed by atoms with Gasteiger partial charge in [0.15, 0.2) is 0 Å². The van der Waals surface area contributed by atoms with E-state index in [0.29, 0.717) is 38.3 Å². The number of rotatable bonds is 3. The van der Waals surface area contributed by atoms with Gasteiger partial charge in [0, 0.05) is 38.4 Å². The Morgan fingerprint density at radius 2 is 1.19 bits per heavy atom. The number of amides is 1. The van der Waals surface area contributed by atoms with Crippen LogP contribution in [-0.2, 0) is 25.4 Å². The molecule has 2 aliphatic rings. The molecule has 0 spiro atoms. The fourth-order valence-corrected chi connectivity index (χ4v) is 4.32.